The minimum Gasteiger partial charge on any atom is -0.359 e. The first-order chi connectivity index (χ1) is 11.4. The van der Waals surface area contributed by atoms with E-state index in [2.05, 4.69) is 11.9 Å². The van der Waals surface area contributed by atoms with E-state index in [1.165, 1.54) is 7.05 Å². The minimum atomic E-state index is -0.574. The van der Waals surface area contributed by atoms with Crippen molar-refractivity contribution >= 4 is 23.4 Å². The molecule has 2 heterocycles. The Morgan fingerprint density at radius 1 is 1.33 bits per heavy atom. The molecule has 1 fully saturated rings. The summed E-state index contributed by atoms with van der Waals surface area (Å²) in [6.07, 6.45) is 1.45. The molecule has 0 aliphatic carbocycles. The van der Waals surface area contributed by atoms with Crippen LogP contribution in [0.15, 0.2) is 30.5 Å². The summed E-state index contributed by atoms with van der Waals surface area (Å²) in [6.45, 7) is 6.32. The number of nitrogens with one attached hydrogen (secondary N) is 1. The van der Waals surface area contributed by atoms with E-state index in [9.17, 15) is 14.4 Å². The first-order valence-corrected chi connectivity index (χ1v) is 8.12. The van der Waals surface area contributed by atoms with E-state index < -0.39 is 6.04 Å². The number of imide groups is 1. The summed E-state index contributed by atoms with van der Waals surface area (Å²) >= 11 is 0. The molecule has 0 saturated carbocycles. The molecule has 0 radical (unpaired) electrons. The molecule has 6 nitrogen and oxygen atoms in total. The topological polar surface area (TPSA) is 69.7 Å². The molecule has 1 saturated heterocycles. The third-order valence-corrected chi connectivity index (χ3v) is 4.73. The van der Waals surface area contributed by atoms with Gasteiger partial charge in [-0.2, -0.15) is 0 Å². The summed E-state index contributed by atoms with van der Waals surface area (Å²) in [5.74, 6) is -0.654. The molecule has 0 bridgehead atoms. The smallest absolute Gasteiger partial charge is 0.255 e. The Kier molecular flexibility index (Phi) is 4.13. The molecule has 0 aromatic heterocycles. The maximum atomic E-state index is 12.8. The lowest BCUT2D eigenvalue weighted by molar-refractivity contribution is -0.150. The fraction of sp³-hybridized carbons (Fsp3) is 0.389. The highest BCUT2D eigenvalue weighted by molar-refractivity contribution is 6.06. The number of rotatable bonds is 4. The standard InChI is InChI=1S/C18H21N3O3/c1-4-11(2)19-14-7-5-6-12-13(14)10-21(17(12)23)15-8-9-16(22)20(3)18(15)24/h5-7,15,19H,2,4,8-10H2,1,3H3. The van der Waals surface area contributed by atoms with Crippen molar-refractivity contribution in [3.8, 4) is 0 Å². The summed E-state index contributed by atoms with van der Waals surface area (Å²) in [7, 11) is 1.47. The van der Waals surface area contributed by atoms with Gasteiger partial charge in [0.15, 0.2) is 0 Å². The molecule has 2 aliphatic rings. The Bertz CT molecular complexity index is 741. The normalized spacial score (nSPS) is 20.4. The molecule has 24 heavy (non-hydrogen) atoms. The molecule has 1 aromatic rings. The van der Waals surface area contributed by atoms with Gasteiger partial charge in [-0.05, 0) is 25.0 Å². The zero-order valence-electron chi connectivity index (χ0n) is 14.0. The van der Waals surface area contributed by atoms with Crippen molar-refractivity contribution in [1.29, 1.82) is 0 Å². The van der Waals surface area contributed by atoms with Gasteiger partial charge < -0.3 is 10.2 Å². The zero-order valence-corrected chi connectivity index (χ0v) is 14.0. The Hall–Kier alpha value is -2.63. The van der Waals surface area contributed by atoms with Gasteiger partial charge >= 0.3 is 0 Å². The number of hydrogen-bond donors (Lipinski definition) is 1. The van der Waals surface area contributed by atoms with E-state index in [0.29, 0.717) is 18.5 Å². The van der Waals surface area contributed by atoms with Crippen LogP contribution in [0.3, 0.4) is 0 Å². The Morgan fingerprint density at radius 3 is 2.79 bits per heavy atom. The average Bonchev–Trinajstić information content (AvgIpc) is 2.91. The molecule has 1 unspecified atom stereocenters. The quantitative estimate of drug-likeness (QED) is 0.860. The highest BCUT2D eigenvalue weighted by Gasteiger charge is 2.41. The van der Waals surface area contributed by atoms with E-state index in [0.717, 1.165) is 28.3 Å². The number of nitrogens with zero attached hydrogens (tertiary/aromatic N) is 2. The van der Waals surface area contributed by atoms with Gasteiger partial charge in [0.05, 0.1) is 0 Å². The van der Waals surface area contributed by atoms with Crippen LogP contribution >= 0.6 is 0 Å². The summed E-state index contributed by atoms with van der Waals surface area (Å²) in [5.41, 5.74) is 3.21. The Labute approximate surface area is 141 Å². The molecule has 1 aromatic carbocycles. The molecular formula is C18H21N3O3. The number of allylic oxidation sites excluding steroid dienone is 1. The van der Waals surface area contributed by atoms with Gasteiger partial charge in [0.2, 0.25) is 5.91 Å². The van der Waals surface area contributed by atoms with Crippen molar-refractivity contribution in [3.05, 3.63) is 41.6 Å². The summed E-state index contributed by atoms with van der Waals surface area (Å²) < 4.78 is 0. The molecule has 6 heteroatoms. The highest BCUT2D eigenvalue weighted by Crippen LogP contribution is 2.33. The van der Waals surface area contributed by atoms with Crippen LogP contribution in [0.5, 0.6) is 0 Å². The SMILES string of the molecule is C=C(CC)Nc1cccc2c1CN(C1CCC(=O)N(C)C1=O)C2=O. The zero-order chi connectivity index (χ0) is 17.4. The van der Waals surface area contributed by atoms with Gasteiger partial charge in [-0.3, -0.25) is 19.3 Å². The van der Waals surface area contributed by atoms with E-state index >= 15 is 0 Å². The summed E-state index contributed by atoms with van der Waals surface area (Å²) in [5, 5.41) is 3.24. The lowest BCUT2D eigenvalue weighted by Crippen LogP contribution is -2.53. The number of carbonyl (C=O) groups excluding carboxylic acids is 3. The predicted octanol–water partition coefficient (Wildman–Crippen LogP) is 2.13. The van der Waals surface area contributed by atoms with E-state index in [1.54, 1.807) is 11.0 Å². The minimum absolute atomic E-state index is 0.156. The maximum Gasteiger partial charge on any atom is 0.255 e. The summed E-state index contributed by atoms with van der Waals surface area (Å²) in [6, 6.07) is 4.94. The fourth-order valence-electron chi connectivity index (χ4n) is 3.19. The van der Waals surface area contributed by atoms with Gasteiger partial charge in [0, 0.05) is 42.5 Å². The highest BCUT2D eigenvalue weighted by atomic mass is 16.2. The Morgan fingerprint density at radius 2 is 2.08 bits per heavy atom. The van der Waals surface area contributed by atoms with Crippen LogP contribution in [-0.4, -0.2) is 40.6 Å². The van der Waals surface area contributed by atoms with Crippen LogP contribution in [0.1, 0.15) is 42.1 Å². The van der Waals surface area contributed by atoms with Crippen LogP contribution in [0, 0.1) is 0 Å². The molecule has 2 aliphatic heterocycles. The van der Waals surface area contributed by atoms with E-state index in [-0.39, 0.29) is 24.1 Å². The molecule has 1 N–H and O–H groups in total. The van der Waals surface area contributed by atoms with Crippen LogP contribution in [0.25, 0.3) is 0 Å². The van der Waals surface area contributed by atoms with Gasteiger partial charge in [0.25, 0.3) is 11.8 Å². The van der Waals surface area contributed by atoms with Crippen molar-refractivity contribution in [2.24, 2.45) is 0 Å². The molecule has 3 rings (SSSR count). The number of likely N-dealkylation sites (N-methyl/N-ethyl adjacent to an activating group) is 1. The molecule has 3 amide bonds. The van der Waals surface area contributed by atoms with Crippen LogP contribution < -0.4 is 5.32 Å². The lowest BCUT2D eigenvalue weighted by atomic mass is 10.0. The van der Waals surface area contributed by atoms with Gasteiger partial charge in [-0.1, -0.05) is 19.6 Å². The number of benzene rings is 1. The number of carbonyl (C=O) groups is 3. The van der Waals surface area contributed by atoms with E-state index in [4.69, 9.17) is 0 Å². The van der Waals surface area contributed by atoms with Gasteiger partial charge in [-0.25, -0.2) is 0 Å². The fourth-order valence-corrected chi connectivity index (χ4v) is 3.19. The van der Waals surface area contributed by atoms with Crippen LogP contribution in [0.4, 0.5) is 5.69 Å². The van der Waals surface area contributed by atoms with Crippen molar-refractivity contribution in [1.82, 2.24) is 9.80 Å². The molecular weight excluding hydrogens is 306 g/mol. The van der Waals surface area contributed by atoms with Gasteiger partial charge in [0.1, 0.15) is 6.04 Å². The number of hydrogen-bond acceptors (Lipinski definition) is 4. The first-order valence-electron chi connectivity index (χ1n) is 8.12. The van der Waals surface area contributed by atoms with Crippen molar-refractivity contribution in [2.45, 2.75) is 38.8 Å². The Balaban J connectivity index is 1.88. The largest absolute Gasteiger partial charge is 0.359 e. The number of anilines is 1. The number of piperidine rings is 1. The van der Waals surface area contributed by atoms with Crippen molar-refractivity contribution in [2.75, 3.05) is 12.4 Å². The second-order valence-electron chi connectivity index (χ2n) is 6.19. The van der Waals surface area contributed by atoms with Crippen LogP contribution in [0.2, 0.25) is 0 Å². The molecule has 126 valence electrons. The monoisotopic (exact) mass is 327 g/mol. The van der Waals surface area contributed by atoms with Gasteiger partial charge in [-0.15, -0.1) is 0 Å². The molecule has 1 atom stereocenters. The van der Waals surface area contributed by atoms with Crippen molar-refractivity contribution < 1.29 is 14.4 Å². The third kappa shape index (κ3) is 2.58. The number of likely N-dealkylation sites (tertiary alicyclic amines) is 1. The molecule has 0 spiro atoms. The number of amides is 3. The van der Waals surface area contributed by atoms with Crippen molar-refractivity contribution in [3.63, 3.8) is 0 Å². The second kappa shape index (κ2) is 6.11. The first kappa shape index (κ1) is 16.2. The third-order valence-electron chi connectivity index (χ3n) is 4.73. The van der Waals surface area contributed by atoms with Crippen LogP contribution in [-0.2, 0) is 16.1 Å². The summed E-state index contributed by atoms with van der Waals surface area (Å²) in [4.78, 5) is 39.5. The second-order valence-corrected chi connectivity index (χ2v) is 6.19. The lowest BCUT2D eigenvalue weighted by Gasteiger charge is -2.33. The van der Waals surface area contributed by atoms with E-state index in [1.807, 2.05) is 19.1 Å². The number of fused-ring (bicyclic) bond motifs is 1. The predicted molar refractivity (Wildman–Crippen MR) is 90.2 cm³/mol. The average molecular weight is 327 g/mol. The maximum absolute atomic E-state index is 12.8.